The van der Waals surface area contributed by atoms with E-state index in [-0.39, 0.29) is 17.6 Å². The second-order valence-corrected chi connectivity index (χ2v) is 9.20. The summed E-state index contributed by atoms with van der Waals surface area (Å²) in [5, 5.41) is 5.81. The minimum Gasteiger partial charge on any atom is -0.338 e. The van der Waals surface area contributed by atoms with E-state index in [1.807, 2.05) is 19.2 Å². The average molecular weight is 358 g/mol. The summed E-state index contributed by atoms with van der Waals surface area (Å²) in [6.45, 7) is 7.57. The molecule has 2 aromatic heterocycles. The second kappa shape index (κ2) is 7.53. The molecular formula is C15H23N3O3S2. The lowest BCUT2D eigenvalue weighted by atomic mass is 10.2. The largest absolute Gasteiger partial charge is 0.338 e. The molecule has 1 atom stereocenters. The molecule has 0 N–H and O–H groups in total. The number of aromatic nitrogens is 3. The van der Waals surface area contributed by atoms with Crippen molar-refractivity contribution >= 4 is 21.2 Å². The lowest BCUT2D eigenvalue weighted by Crippen LogP contribution is -2.13. The van der Waals surface area contributed by atoms with Gasteiger partial charge in [0.05, 0.1) is 16.5 Å². The predicted octanol–water partition coefficient (Wildman–Crippen LogP) is 3.67. The van der Waals surface area contributed by atoms with Gasteiger partial charge in [0.25, 0.3) is 0 Å². The van der Waals surface area contributed by atoms with Gasteiger partial charge < -0.3 is 4.52 Å². The molecule has 0 saturated heterocycles. The predicted molar refractivity (Wildman–Crippen MR) is 90.2 cm³/mol. The first-order chi connectivity index (χ1) is 10.8. The summed E-state index contributed by atoms with van der Waals surface area (Å²) in [5.74, 6) is 0.672. The summed E-state index contributed by atoms with van der Waals surface area (Å²) in [4.78, 5) is 8.60. The number of nitrogens with zero attached hydrogens (tertiary/aromatic N) is 3. The molecule has 0 radical (unpaired) electrons. The van der Waals surface area contributed by atoms with Gasteiger partial charge in [-0.1, -0.05) is 32.3 Å². The van der Waals surface area contributed by atoms with Crippen LogP contribution >= 0.6 is 11.3 Å². The van der Waals surface area contributed by atoms with Crippen molar-refractivity contribution in [3.05, 3.63) is 27.8 Å². The van der Waals surface area contributed by atoms with Crippen molar-refractivity contribution in [1.82, 2.24) is 15.1 Å². The molecule has 0 saturated carbocycles. The number of sulfone groups is 1. The standard InChI is InChI=1S/C15H23N3O3S2/c1-5-6-7-13-16-12(8-22-13)9-23(19,20)11(4)15-17-14(10(2)3)18-21-15/h8,10-11H,5-7,9H2,1-4H3/t11-/m0/s1. The third-order valence-corrected chi connectivity index (χ3v) is 6.49. The molecule has 2 heterocycles. The quantitative estimate of drug-likeness (QED) is 0.716. The molecule has 0 unspecified atom stereocenters. The zero-order chi connectivity index (χ0) is 17.0. The molecule has 0 fully saturated rings. The third kappa shape index (κ3) is 4.60. The van der Waals surface area contributed by atoms with Gasteiger partial charge in [-0.05, 0) is 19.8 Å². The van der Waals surface area contributed by atoms with Gasteiger partial charge in [0.15, 0.2) is 15.7 Å². The maximum Gasteiger partial charge on any atom is 0.244 e. The van der Waals surface area contributed by atoms with Gasteiger partial charge in [-0.3, -0.25) is 0 Å². The zero-order valence-electron chi connectivity index (χ0n) is 13.9. The lowest BCUT2D eigenvalue weighted by Gasteiger charge is -2.07. The molecule has 0 spiro atoms. The fraction of sp³-hybridized carbons (Fsp3) is 0.667. The maximum atomic E-state index is 12.5. The molecular weight excluding hydrogens is 334 g/mol. The molecule has 0 aliphatic heterocycles. The van der Waals surface area contributed by atoms with Gasteiger partial charge >= 0.3 is 0 Å². The van der Waals surface area contributed by atoms with Crippen molar-refractivity contribution in [2.45, 2.75) is 63.9 Å². The SMILES string of the molecule is CCCCc1nc(CS(=O)(=O)[C@@H](C)c2nc(C(C)C)no2)cs1. The first-order valence-electron chi connectivity index (χ1n) is 7.81. The van der Waals surface area contributed by atoms with E-state index in [4.69, 9.17) is 4.52 Å². The summed E-state index contributed by atoms with van der Waals surface area (Å²) in [5.41, 5.74) is 0.594. The van der Waals surface area contributed by atoms with E-state index in [9.17, 15) is 8.42 Å². The molecule has 0 aromatic carbocycles. The first kappa shape index (κ1) is 18.1. The van der Waals surface area contributed by atoms with Crippen LogP contribution in [0.2, 0.25) is 0 Å². The minimum atomic E-state index is -3.44. The topological polar surface area (TPSA) is 86.0 Å². The minimum absolute atomic E-state index is 0.0991. The highest BCUT2D eigenvalue weighted by molar-refractivity contribution is 7.90. The highest BCUT2D eigenvalue weighted by Gasteiger charge is 2.29. The van der Waals surface area contributed by atoms with Crippen LogP contribution in [0.3, 0.4) is 0 Å². The van der Waals surface area contributed by atoms with Crippen molar-refractivity contribution < 1.29 is 12.9 Å². The smallest absolute Gasteiger partial charge is 0.244 e. The van der Waals surface area contributed by atoms with Crippen LogP contribution in [-0.4, -0.2) is 23.5 Å². The van der Waals surface area contributed by atoms with Crippen LogP contribution in [0.25, 0.3) is 0 Å². The Hall–Kier alpha value is -1.28. The van der Waals surface area contributed by atoms with Crippen molar-refractivity contribution in [1.29, 1.82) is 0 Å². The van der Waals surface area contributed by atoms with Gasteiger partial charge in [-0.15, -0.1) is 11.3 Å². The van der Waals surface area contributed by atoms with Gasteiger partial charge in [0, 0.05) is 11.3 Å². The molecule has 2 aromatic rings. The zero-order valence-corrected chi connectivity index (χ0v) is 15.6. The number of hydrogen-bond donors (Lipinski definition) is 0. The number of unbranched alkanes of at least 4 members (excludes halogenated alkanes) is 1. The monoisotopic (exact) mass is 357 g/mol. The fourth-order valence-electron chi connectivity index (χ4n) is 1.99. The van der Waals surface area contributed by atoms with Gasteiger partial charge in [0.1, 0.15) is 5.25 Å². The Labute approximate surface area is 141 Å². The summed E-state index contributed by atoms with van der Waals surface area (Å²) in [6, 6.07) is 0. The Morgan fingerprint density at radius 1 is 1.26 bits per heavy atom. The molecule has 0 aliphatic rings. The van der Waals surface area contributed by atoms with Gasteiger partial charge in [-0.25, -0.2) is 13.4 Å². The Kier molecular flexibility index (Phi) is 5.91. The number of aryl methyl sites for hydroxylation is 1. The Morgan fingerprint density at radius 3 is 2.61 bits per heavy atom. The van der Waals surface area contributed by atoms with Crippen LogP contribution in [0.15, 0.2) is 9.90 Å². The molecule has 0 amide bonds. The highest BCUT2D eigenvalue weighted by atomic mass is 32.2. The molecule has 6 nitrogen and oxygen atoms in total. The van der Waals surface area contributed by atoms with E-state index < -0.39 is 15.1 Å². The van der Waals surface area contributed by atoms with E-state index in [0.29, 0.717) is 11.5 Å². The highest BCUT2D eigenvalue weighted by Crippen LogP contribution is 2.26. The van der Waals surface area contributed by atoms with E-state index >= 15 is 0 Å². The van der Waals surface area contributed by atoms with Crippen molar-refractivity contribution in [2.24, 2.45) is 0 Å². The van der Waals surface area contributed by atoms with E-state index in [2.05, 4.69) is 22.0 Å². The van der Waals surface area contributed by atoms with E-state index in [0.717, 1.165) is 24.3 Å². The Morgan fingerprint density at radius 2 is 2.00 bits per heavy atom. The van der Waals surface area contributed by atoms with Crippen LogP contribution in [0.4, 0.5) is 0 Å². The molecule has 23 heavy (non-hydrogen) atoms. The summed E-state index contributed by atoms with van der Waals surface area (Å²) >= 11 is 1.52. The lowest BCUT2D eigenvalue weighted by molar-refractivity contribution is 0.369. The molecule has 128 valence electrons. The van der Waals surface area contributed by atoms with Crippen LogP contribution in [-0.2, 0) is 22.0 Å². The first-order valence-corrected chi connectivity index (χ1v) is 10.4. The summed E-state index contributed by atoms with van der Waals surface area (Å²) in [6.07, 6.45) is 3.06. The average Bonchev–Trinajstić information content (AvgIpc) is 3.13. The Balaban J connectivity index is 2.09. The van der Waals surface area contributed by atoms with Gasteiger partial charge in [0.2, 0.25) is 5.89 Å². The van der Waals surface area contributed by atoms with Crippen LogP contribution in [0.1, 0.15) is 74.1 Å². The van der Waals surface area contributed by atoms with Crippen molar-refractivity contribution in [3.8, 4) is 0 Å². The maximum absolute atomic E-state index is 12.5. The molecule has 8 heteroatoms. The van der Waals surface area contributed by atoms with Crippen molar-refractivity contribution in [2.75, 3.05) is 0 Å². The molecule has 0 aliphatic carbocycles. The molecule has 2 rings (SSSR count). The number of hydrogen-bond acceptors (Lipinski definition) is 7. The fourth-order valence-corrected chi connectivity index (χ4v) is 4.15. The summed E-state index contributed by atoms with van der Waals surface area (Å²) in [7, 11) is -3.44. The molecule has 0 bridgehead atoms. The van der Waals surface area contributed by atoms with Crippen LogP contribution in [0.5, 0.6) is 0 Å². The van der Waals surface area contributed by atoms with E-state index in [1.54, 1.807) is 6.92 Å². The van der Waals surface area contributed by atoms with Crippen molar-refractivity contribution in [3.63, 3.8) is 0 Å². The summed E-state index contributed by atoms with van der Waals surface area (Å²) < 4.78 is 30.2. The van der Waals surface area contributed by atoms with Crippen LogP contribution < -0.4 is 0 Å². The second-order valence-electron chi connectivity index (χ2n) is 5.93. The van der Waals surface area contributed by atoms with Crippen LogP contribution in [0, 0.1) is 0 Å². The number of rotatable bonds is 8. The number of thiazole rings is 1. The third-order valence-electron chi connectivity index (χ3n) is 3.55. The van der Waals surface area contributed by atoms with Gasteiger partial charge in [-0.2, -0.15) is 4.98 Å². The van der Waals surface area contributed by atoms with E-state index in [1.165, 1.54) is 11.3 Å². The normalized spacial score (nSPS) is 13.6. The Bertz CT molecular complexity index is 735.